The van der Waals surface area contributed by atoms with Crippen molar-refractivity contribution in [3.8, 4) is 6.07 Å². The molecule has 14 heavy (non-hydrogen) atoms. The summed E-state index contributed by atoms with van der Waals surface area (Å²) in [5.74, 6) is 0.245. The molecule has 0 spiro atoms. The Kier molecular flexibility index (Phi) is 2.54. The molecule has 2 rings (SSSR count). The normalized spacial score (nSPS) is 19.9. The molecule has 0 radical (unpaired) electrons. The van der Waals surface area contributed by atoms with Gasteiger partial charge in [-0.15, -0.1) is 0 Å². The smallest absolute Gasteiger partial charge is 0.0659 e. The van der Waals surface area contributed by atoms with E-state index in [1.54, 1.807) is 0 Å². The summed E-state index contributed by atoms with van der Waals surface area (Å²) in [5, 5.41) is 8.87. The van der Waals surface area contributed by atoms with Gasteiger partial charge in [0.25, 0.3) is 0 Å². The van der Waals surface area contributed by atoms with Gasteiger partial charge in [0.2, 0.25) is 0 Å². The van der Waals surface area contributed by atoms with Gasteiger partial charge < -0.3 is 0 Å². The molecule has 72 valence electrons. The molecule has 0 fully saturated rings. The van der Waals surface area contributed by atoms with Crippen LogP contribution in [-0.4, -0.2) is 0 Å². The Hall–Kier alpha value is -1.29. The summed E-state index contributed by atoms with van der Waals surface area (Å²) >= 11 is 0. The van der Waals surface area contributed by atoms with Crippen LogP contribution in [0, 0.1) is 17.2 Å². The molecule has 1 heteroatoms. The Morgan fingerprint density at radius 1 is 1.43 bits per heavy atom. The van der Waals surface area contributed by atoms with Crippen molar-refractivity contribution in [3.05, 3.63) is 34.9 Å². The predicted molar refractivity (Wildman–Crippen MR) is 56.9 cm³/mol. The highest BCUT2D eigenvalue weighted by Crippen LogP contribution is 2.26. The maximum absolute atomic E-state index is 8.87. The van der Waals surface area contributed by atoms with Crippen LogP contribution < -0.4 is 0 Å². The molecule has 0 N–H and O–H groups in total. The lowest BCUT2D eigenvalue weighted by molar-refractivity contribution is 0.564. The first kappa shape index (κ1) is 9.27. The van der Waals surface area contributed by atoms with Gasteiger partial charge in [-0.3, -0.25) is 0 Å². The fourth-order valence-corrected chi connectivity index (χ4v) is 2.14. The van der Waals surface area contributed by atoms with Crippen molar-refractivity contribution in [2.75, 3.05) is 0 Å². The molecule has 0 bridgehead atoms. The van der Waals surface area contributed by atoms with Gasteiger partial charge >= 0.3 is 0 Å². The third-order valence-electron chi connectivity index (χ3n) is 3.09. The van der Waals surface area contributed by atoms with Crippen molar-refractivity contribution in [1.82, 2.24) is 0 Å². The van der Waals surface area contributed by atoms with Gasteiger partial charge in [0.15, 0.2) is 0 Å². The fourth-order valence-electron chi connectivity index (χ4n) is 2.14. The number of nitriles is 1. The highest BCUT2D eigenvalue weighted by atomic mass is 14.3. The molecule has 1 atom stereocenters. The molecule has 1 aromatic carbocycles. The van der Waals surface area contributed by atoms with E-state index in [2.05, 4.69) is 31.2 Å². The van der Waals surface area contributed by atoms with E-state index in [4.69, 9.17) is 5.26 Å². The Balaban J connectivity index is 2.29. The Bertz CT molecular complexity index is 373. The minimum absolute atomic E-state index is 0.245. The molecule has 1 nitrogen and oxygen atoms in total. The average molecular weight is 185 g/mol. The molecule has 0 saturated heterocycles. The molecule has 1 aliphatic carbocycles. The fraction of sp³-hybridized carbons (Fsp3) is 0.462. The molecule has 0 heterocycles. The third kappa shape index (κ3) is 1.65. The first-order valence-corrected chi connectivity index (χ1v) is 5.33. The zero-order chi connectivity index (χ0) is 9.97. The molecule has 0 aromatic heterocycles. The summed E-state index contributed by atoms with van der Waals surface area (Å²) in [4.78, 5) is 0. The first-order valence-electron chi connectivity index (χ1n) is 5.33. The average Bonchev–Trinajstić information content (AvgIpc) is 2.27. The van der Waals surface area contributed by atoms with Crippen molar-refractivity contribution in [2.45, 2.75) is 32.6 Å². The van der Waals surface area contributed by atoms with Crippen LogP contribution >= 0.6 is 0 Å². The van der Waals surface area contributed by atoms with E-state index in [-0.39, 0.29) is 5.92 Å². The number of nitrogens with zero attached hydrogens (tertiary/aromatic N) is 1. The maximum atomic E-state index is 8.87. The number of hydrogen-bond acceptors (Lipinski definition) is 1. The Labute approximate surface area is 85.4 Å². The molecular weight excluding hydrogens is 170 g/mol. The quantitative estimate of drug-likeness (QED) is 0.660. The van der Waals surface area contributed by atoms with Crippen LogP contribution in [0.5, 0.6) is 0 Å². The van der Waals surface area contributed by atoms with E-state index in [0.717, 1.165) is 25.7 Å². The van der Waals surface area contributed by atoms with E-state index in [9.17, 15) is 0 Å². The number of benzene rings is 1. The topological polar surface area (TPSA) is 23.8 Å². The summed E-state index contributed by atoms with van der Waals surface area (Å²) < 4.78 is 0. The molecular formula is C13H15N. The summed E-state index contributed by atoms with van der Waals surface area (Å²) in [6.45, 7) is 2.18. The van der Waals surface area contributed by atoms with E-state index in [1.807, 2.05) is 0 Å². The highest BCUT2D eigenvalue weighted by Gasteiger charge is 2.17. The van der Waals surface area contributed by atoms with Gasteiger partial charge in [-0.05, 0) is 42.4 Å². The lowest BCUT2D eigenvalue weighted by Crippen LogP contribution is -2.12. The van der Waals surface area contributed by atoms with Crippen LogP contribution in [0.25, 0.3) is 0 Å². The van der Waals surface area contributed by atoms with Crippen molar-refractivity contribution in [3.63, 3.8) is 0 Å². The van der Waals surface area contributed by atoms with Crippen molar-refractivity contribution in [1.29, 1.82) is 5.26 Å². The van der Waals surface area contributed by atoms with Crippen LogP contribution in [0.4, 0.5) is 0 Å². The van der Waals surface area contributed by atoms with Gasteiger partial charge in [-0.1, -0.05) is 25.1 Å². The summed E-state index contributed by atoms with van der Waals surface area (Å²) in [7, 11) is 0. The van der Waals surface area contributed by atoms with E-state index in [0.29, 0.717) is 0 Å². The molecule has 1 aliphatic rings. The summed E-state index contributed by atoms with van der Waals surface area (Å²) in [5.41, 5.74) is 4.27. The first-order chi connectivity index (χ1) is 6.83. The Morgan fingerprint density at radius 2 is 2.29 bits per heavy atom. The molecule has 0 saturated carbocycles. The predicted octanol–water partition coefficient (Wildman–Crippen LogP) is 2.88. The van der Waals surface area contributed by atoms with Gasteiger partial charge in [-0.25, -0.2) is 0 Å². The monoisotopic (exact) mass is 185 g/mol. The highest BCUT2D eigenvalue weighted by molar-refractivity contribution is 5.35. The van der Waals surface area contributed by atoms with Gasteiger partial charge in [0, 0.05) is 0 Å². The number of aryl methyl sites for hydroxylation is 2. The Morgan fingerprint density at radius 3 is 3.00 bits per heavy atom. The molecule has 0 amide bonds. The third-order valence-corrected chi connectivity index (χ3v) is 3.09. The SMILES string of the molecule is CCc1ccc2c(c1)CCC(C#N)C2. The van der Waals surface area contributed by atoms with Crippen molar-refractivity contribution in [2.24, 2.45) is 5.92 Å². The number of rotatable bonds is 1. The number of fused-ring (bicyclic) bond motifs is 1. The van der Waals surface area contributed by atoms with E-state index >= 15 is 0 Å². The van der Waals surface area contributed by atoms with E-state index in [1.165, 1.54) is 16.7 Å². The van der Waals surface area contributed by atoms with E-state index < -0.39 is 0 Å². The van der Waals surface area contributed by atoms with Crippen LogP contribution in [0.3, 0.4) is 0 Å². The lowest BCUT2D eigenvalue weighted by atomic mass is 9.84. The van der Waals surface area contributed by atoms with Gasteiger partial charge in [0.05, 0.1) is 12.0 Å². The zero-order valence-electron chi connectivity index (χ0n) is 8.59. The summed E-state index contributed by atoms with van der Waals surface area (Å²) in [6, 6.07) is 9.08. The van der Waals surface area contributed by atoms with Crippen LogP contribution in [-0.2, 0) is 19.3 Å². The summed E-state index contributed by atoms with van der Waals surface area (Å²) in [6.07, 6.45) is 4.18. The second-order valence-electron chi connectivity index (χ2n) is 4.03. The van der Waals surface area contributed by atoms with Crippen LogP contribution in [0.2, 0.25) is 0 Å². The zero-order valence-corrected chi connectivity index (χ0v) is 8.59. The lowest BCUT2D eigenvalue weighted by Gasteiger charge is -2.20. The van der Waals surface area contributed by atoms with Gasteiger partial charge in [0.1, 0.15) is 0 Å². The molecule has 0 aliphatic heterocycles. The molecule has 1 unspecified atom stereocenters. The van der Waals surface area contributed by atoms with Gasteiger partial charge in [-0.2, -0.15) is 5.26 Å². The van der Waals surface area contributed by atoms with Crippen molar-refractivity contribution >= 4 is 0 Å². The van der Waals surface area contributed by atoms with Crippen LogP contribution in [0.15, 0.2) is 18.2 Å². The number of hydrogen-bond donors (Lipinski definition) is 0. The van der Waals surface area contributed by atoms with Crippen LogP contribution in [0.1, 0.15) is 30.0 Å². The largest absolute Gasteiger partial charge is 0.198 e. The second kappa shape index (κ2) is 3.84. The maximum Gasteiger partial charge on any atom is 0.0659 e. The van der Waals surface area contributed by atoms with Crippen molar-refractivity contribution < 1.29 is 0 Å². The molecule has 1 aromatic rings. The minimum Gasteiger partial charge on any atom is -0.198 e. The minimum atomic E-state index is 0.245. The second-order valence-corrected chi connectivity index (χ2v) is 4.03. The standard InChI is InChI=1S/C13H15N/c1-2-10-3-5-13-8-11(9-14)4-6-12(13)7-10/h3,5,7,11H,2,4,6,8H2,1H3.